The molecule has 1 aliphatic heterocycles. The van der Waals surface area contributed by atoms with Crippen LogP contribution in [0.15, 0.2) is 0 Å². The molecule has 1 saturated heterocycles. The highest BCUT2D eigenvalue weighted by Gasteiger charge is 2.18. The van der Waals surface area contributed by atoms with Crippen molar-refractivity contribution < 1.29 is 4.74 Å². The summed E-state index contributed by atoms with van der Waals surface area (Å²) in [6.07, 6.45) is 2.70. The molecule has 4 heteroatoms. The SMILES string of the molecule is CC(C)CCC(C)(C)CSSCCN1CCOCC1. The maximum absolute atomic E-state index is 5.36. The van der Waals surface area contributed by atoms with E-state index in [1.807, 2.05) is 10.8 Å². The maximum Gasteiger partial charge on any atom is 0.0594 e. The van der Waals surface area contributed by atoms with Gasteiger partial charge < -0.3 is 4.74 Å². The van der Waals surface area contributed by atoms with Crippen molar-refractivity contribution in [1.29, 1.82) is 0 Å². The first-order valence-corrected chi connectivity index (χ1v) is 10.0. The average molecular weight is 306 g/mol. The lowest BCUT2D eigenvalue weighted by atomic mass is 9.87. The van der Waals surface area contributed by atoms with Crippen LogP contribution in [0.1, 0.15) is 40.5 Å². The second-order valence-electron chi connectivity index (χ2n) is 6.63. The summed E-state index contributed by atoms with van der Waals surface area (Å²) < 4.78 is 5.36. The normalized spacial score (nSPS) is 18.2. The number of hydrogen-bond acceptors (Lipinski definition) is 4. The van der Waals surface area contributed by atoms with Gasteiger partial charge in [-0.25, -0.2) is 0 Å². The molecule has 114 valence electrons. The number of morpholine rings is 1. The quantitative estimate of drug-likeness (QED) is 0.468. The first-order chi connectivity index (χ1) is 8.99. The van der Waals surface area contributed by atoms with Gasteiger partial charge in [0, 0.05) is 31.1 Å². The molecule has 1 aliphatic rings. The average Bonchev–Trinajstić information content (AvgIpc) is 2.37. The van der Waals surface area contributed by atoms with E-state index < -0.39 is 0 Å². The first-order valence-electron chi connectivity index (χ1n) is 7.54. The van der Waals surface area contributed by atoms with E-state index in [1.165, 1.54) is 30.9 Å². The minimum Gasteiger partial charge on any atom is -0.379 e. The molecule has 0 spiro atoms. The van der Waals surface area contributed by atoms with Crippen molar-refractivity contribution in [3.8, 4) is 0 Å². The largest absolute Gasteiger partial charge is 0.379 e. The van der Waals surface area contributed by atoms with Gasteiger partial charge in [0.2, 0.25) is 0 Å². The molecule has 0 bridgehead atoms. The summed E-state index contributed by atoms with van der Waals surface area (Å²) in [5.74, 6) is 3.34. The second kappa shape index (κ2) is 9.54. The van der Waals surface area contributed by atoms with Gasteiger partial charge in [-0.15, -0.1) is 0 Å². The molecule has 1 fully saturated rings. The van der Waals surface area contributed by atoms with Crippen LogP contribution in [-0.2, 0) is 4.74 Å². The van der Waals surface area contributed by atoms with E-state index in [1.54, 1.807) is 0 Å². The lowest BCUT2D eigenvalue weighted by molar-refractivity contribution is 0.0410. The minimum absolute atomic E-state index is 0.487. The molecule has 1 rings (SSSR count). The van der Waals surface area contributed by atoms with Crippen molar-refractivity contribution in [2.45, 2.75) is 40.5 Å². The standard InChI is InChI=1S/C15H31NOS2/c1-14(2)5-6-15(3,4)13-19-18-12-9-16-7-10-17-11-8-16/h14H,5-13H2,1-4H3. The van der Waals surface area contributed by atoms with Crippen molar-refractivity contribution in [3.63, 3.8) is 0 Å². The Morgan fingerprint density at radius 3 is 2.47 bits per heavy atom. The lowest BCUT2D eigenvalue weighted by Gasteiger charge is -2.27. The second-order valence-corrected chi connectivity index (χ2v) is 9.22. The maximum atomic E-state index is 5.36. The Bertz CT molecular complexity index is 228. The lowest BCUT2D eigenvalue weighted by Crippen LogP contribution is -2.37. The fraction of sp³-hybridized carbons (Fsp3) is 1.00. The molecule has 0 unspecified atom stereocenters. The van der Waals surface area contributed by atoms with E-state index in [-0.39, 0.29) is 0 Å². The van der Waals surface area contributed by atoms with Crippen molar-refractivity contribution in [1.82, 2.24) is 4.90 Å². The van der Waals surface area contributed by atoms with Crippen LogP contribution in [-0.4, -0.2) is 49.3 Å². The zero-order valence-corrected chi connectivity index (χ0v) is 14.7. The van der Waals surface area contributed by atoms with Crippen LogP contribution in [0, 0.1) is 11.3 Å². The monoisotopic (exact) mass is 305 g/mol. The molecule has 0 saturated carbocycles. The molecule has 0 amide bonds. The molecule has 0 aromatic rings. The fourth-order valence-corrected chi connectivity index (χ4v) is 4.78. The summed E-state index contributed by atoms with van der Waals surface area (Å²) in [6.45, 7) is 14.7. The number of rotatable bonds is 9. The van der Waals surface area contributed by atoms with E-state index in [0.717, 1.165) is 32.2 Å². The molecular formula is C15H31NOS2. The Kier molecular flexibility index (Phi) is 8.87. The zero-order chi connectivity index (χ0) is 14.1. The third kappa shape index (κ3) is 9.22. The third-order valence-electron chi connectivity index (χ3n) is 3.53. The summed E-state index contributed by atoms with van der Waals surface area (Å²) in [4.78, 5) is 2.51. The zero-order valence-electron chi connectivity index (χ0n) is 13.1. The van der Waals surface area contributed by atoms with Crippen molar-refractivity contribution in [2.24, 2.45) is 11.3 Å². The van der Waals surface area contributed by atoms with Crippen LogP contribution in [0.2, 0.25) is 0 Å². The topological polar surface area (TPSA) is 12.5 Å². The van der Waals surface area contributed by atoms with Gasteiger partial charge in [0.1, 0.15) is 0 Å². The van der Waals surface area contributed by atoms with E-state index in [9.17, 15) is 0 Å². The van der Waals surface area contributed by atoms with Crippen molar-refractivity contribution in [2.75, 3.05) is 44.4 Å². The summed E-state index contributed by atoms with van der Waals surface area (Å²) in [5, 5.41) is 0. The fourth-order valence-electron chi connectivity index (χ4n) is 2.00. The molecule has 1 heterocycles. The molecule has 0 N–H and O–H groups in total. The third-order valence-corrected chi connectivity index (χ3v) is 6.29. The van der Waals surface area contributed by atoms with Gasteiger partial charge in [-0.3, -0.25) is 4.90 Å². The van der Waals surface area contributed by atoms with Crippen molar-refractivity contribution in [3.05, 3.63) is 0 Å². The predicted octanol–water partition coefficient (Wildman–Crippen LogP) is 4.16. The summed E-state index contributed by atoms with van der Waals surface area (Å²) in [5.41, 5.74) is 0.487. The minimum atomic E-state index is 0.487. The molecule has 0 radical (unpaired) electrons. The molecule has 0 aliphatic carbocycles. The Morgan fingerprint density at radius 2 is 1.84 bits per heavy atom. The van der Waals surface area contributed by atoms with Gasteiger partial charge in [0.15, 0.2) is 0 Å². The van der Waals surface area contributed by atoms with E-state index in [0.29, 0.717) is 5.41 Å². The highest BCUT2D eigenvalue weighted by molar-refractivity contribution is 8.76. The Labute approximate surface area is 127 Å². The van der Waals surface area contributed by atoms with Gasteiger partial charge in [0.25, 0.3) is 0 Å². The Balaban J connectivity index is 1.99. The smallest absolute Gasteiger partial charge is 0.0594 e. The molecule has 0 atom stereocenters. The van der Waals surface area contributed by atoms with Gasteiger partial charge in [-0.2, -0.15) is 0 Å². The van der Waals surface area contributed by atoms with Crippen LogP contribution in [0.25, 0.3) is 0 Å². The van der Waals surface area contributed by atoms with Crippen LogP contribution >= 0.6 is 21.6 Å². The van der Waals surface area contributed by atoms with E-state index in [4.69, 9.17) is 4.74 Å². The summed E-state index contributed by atoms with van der Waals surface area (Å²) in [7, 11) is 4.10. The van der Waals surface area contributed by atoms with Crippen LogP contribution < -0.4 is 0 Å². The van der Waals surface area contributed by atoms with Gasteiger partial charge >= 0.3 is 0 Å². The highest BCUT2D eigenvalue weighted by atomic mass is 33.1. The first kappa shape index (κ1) is 17.7. The van der Waals surface area contributed by atoms with E-state index >= 15 is 0 Å². The van der Waals surface area contributed by atoms with Gasteiger partial charge in [0.05, 0.1) is 13.2 Å². The summed E-state index contributed by atoms with van der Waals surface area (Å²) >= 11 is 0. The van der Waals surface area contributed by atoms with Crippen LogP contribution in [0.3, 0.4) is 0 Å². The number of nitrogens with zero attached hydrogens (tertiary/aromatic N) is 1. The molecule has 0 aromatic carbocycles. The van der Waals surface area contributed by atoms with Crippen molar-refractivity contribution >= 4 is 21.6 Å². The Hall–Kier alpha value is 0.620. The molecular weight excluding hydrogens is 274 g/mol. The van der Waals surface area contributed by atoms with Crippen LogP contribution in [0.4, 0.5) is 0 Å². The summed E-state index contributed by atoms with van der Waals surface area (Å²) in [6, 6.07) is 0. The molecule has 0 aromatic heterocycles. The molecule has 2 nitrogen and oxygen atoms in total. The van der Waals surface area contributed by atoms with Gasteiger partial charge in [-0.05, 0) is 17.8 Å². The van der Waals surface area contributed by atoms with E-state index in [2.05, 4.69) is 43.4 Å². The Morgan fingerprint density at radius 1 is 1.16 bits per heavy atom. The van der Waals surface area contributed by atoms with Crippen LogP contribution in [0.5, 0.6) is 0 Å². The number of ether oxygens (including phenoxy) is 1. The predicted molar refractivity (Wildman–Crippen MR) is 90.0 cm³/mol. The van der Waals surface area contributed by atoms with Gasteiger partial charge in [-0.1, -0.05) is 55.7 Å². The number of hydrogen-bond donors (Lipinski definition) is 0. The highest BCUT2D eigenvalue weighted by Crippen LogP contribution is 2.34. The molecule has 19 heavy (non-hydrogen) atoms.